The summed E-state index contributed by atoms with van der Waals surface area (Å²) in [5.74, 6) is 1.66. The smallest absolute Gasteiger partial charge is 0.163 e. The molecule has 3 heterocycles. The summed E-state index contributed by atoms with van der Waals surface area (Å²) in [6, 6.07) is 4.16. The van der Waals surface area contributed by atoms with Crippen molar-refractivity contribution in [2.24, 2.45) is 0 Å². The van der Waals surface area contributed by atoms with Gasteiger partial charge in [0.25, 0.3) is 0 Å². The van der Waals surface area contributed by atoms with Gasteiger partial charge in [0.1, 0.15) is 5.82 Å². The SMILES string of the molecule is CCN1CCC(c2nnc3c(C)cccn23)C1. The van der Waals surface area contributed by atoms with Crippen molar-refractivity contribution in [3.8, 4) is 0 Å². The Morgan fingerprint density at radius 2 is 2.29 bits per heavy atom. The van der Waals surface area contributed by atoms with Crippen molar-refractivity contribution in [3.63, 3.8) is 0 Å². The van der Waals surface area contributed by atoms with E-state index in [-0.39, 0.29) is 0 Å². The molecule has 3 rings (SSSR count). The Labute approximate surface area is 101 Å². The number of rotatable bonds is 2. The summed E-state index contributed by atoms with van der Waals surface area (Å²) >= 11 is 0. The number of fused-ring (bicyclic) bond motifs is 1. The van der Waals surface area contributed by atoms with E-state index in [0.29, 0.717) is 5.92 Å². The highest BCUT2D eigenvalue weighted by Gasteiger charge is 2.26. The average molecular weight is 230 g/mol. The van der Waals surface area contributed by atoms with Crippen LogP contribution in [0.5, 0.6) is 0 Å². The molecule has 17 heavy (non-hydrogen) atoms. The van der Waals surface area contributed by atoms with Crippen LogP contribution in [0.15, 0.2) is 18.3 Å². The Kier molecular flexibility index (Phi) is 2.59. The molecule has 0 amide bonds. The molecule has 0 spiro atoms. The number of hydrogen-bond acceptors (Lipinski definition) is 3. The maximum absolute atomic E-state index is 4.39. The minimum Gasteiger partial charge on any atom is -0.303 e. The lowest BCUT2D eigenvalue weighted by molar-refractivity contribution is 0.352. The van der Waals surface area contributed by atoms with Gasteiger partial charge in [-0.3, -0.25) is 4.40 Å². The van der Waals surface area contributed by atoms with Crippen molar-refractivity contribution in [3.05, 3.63) is 29.7 Å². The second kappa shape index (κ2) is 4.11. The number of pyridine rings is 1. The van der Waals surface area contributed by atoms with E-state index < -0.39 is 0 Å². The number of aromatic nitrogens is 3. The van der Waals surface area contributed by atoms with E-state index in [2.05, 4.69) is 51.7 Å². The molecule has 0 saturated carbocycles. The van der Waals surface area contributed by atoms with E-state index >= 15 is 0 Å². The summed E-state index contributed by atoms with van der Waals surface area (Å²) < 4.78 is 2.15. The van der Waals surface area contributed by atoms with Crippen LogP contribution in [0.3, 0.4) is 0 Å². The highest BCUT2D eigenvalue weighted by atomic mass is 15.3. The first-order valence-electron chi connectivity index (χ1n) is 6.32. The molecule has 4 heteroatoms. The summed E-state index contributed by atoms with van der Waals surface area (Å²) in [5, 5.41) is 8.70. The van der Waals surface area contributed by atoms with E-state index in [0.717, 1.165) is 24.6 Å². The van der Waals surface area contributed by atoms with E-state index in [4.69, 9.17) is 0 Å². The van der Waals surface area contributed by atoms with Gasteiger partial charge in [-0.25, -0.2) is 0 Å². The van der Waals surface area contributed by atoms with Gasteiger partial charge in [-0.05, 0) is 38.1 Å². The Morgan fingerprint density at radius 3 is 3.06 bits per heavy atom. The molecule has 1 unspecified atom stereocenters. The van der Waals surface area contributed by atoms with Gasteiger partial charge in [-0.1, -0.05) is 13.0 Å². The standard InChI is InChI=1S/C13H18N4/c1-3-16-8-6-11(9-16)13-15-14-12-10(2)5-4-7-17(12)13/h4-5,7,11H,3,6,8-9H2,1-2H3. The van der Waals surface area contributed by atoms with Gasteiger partial charge in [0.2, 0.25) is 0 Å². The van der Waals surface area contributed by atoms with Gasteiger partial charge in [0.05, 0.1) is 0 Å². The number of likely N-dealkylation sites (tertiary alicyclic amines) is 1. The number of aryl methyl sites for hydroxylation is 1. The fraction of sp³-hybridized carbons (Fsp3) is 0.538. The summed E-state index contributed by atoms with van der Waals surface area (Å²) in [6.45, 7) is 7.73. The lowest BCUT2D eigenvalue weighted by Crippen LogP contribution is -2.19. The van der Waals surface area contributed by atoms with Crippen LogP contribution in [0, 0.1) is 6.92 Å². The molecule has 1 fully saturated rings. The molecule has 2 aromatic heterocycles. The highest BCUT2D eigenvalue weighted by Crippen LogP contribution is 2.26. The number of likely N-dealkylation sites (N-methyl/N-ethyl adjacent to an activating group) is 1. The molecule has 0 N–H and O–H groups in total. The van der Waals surface area contributed by atoms with Gasteiger partial charge in [0.15, 0.2) is 5.65 Å². The summed E-state index contributed by atoms with van der Waals surface area (Å²) in [7, 11) is 0. The van der Waals surface area contributed by atoms with Crippen LogP contribution >= 0.6 is 0 Å². The molecule has 0 aromatic carbocycles. The number of nitrogens with zero attached hydrogens (tertiary/aromatic N) is 4. The Hall–Kier alpha value is -1.42. The van der Waals surface area contributed by atoms with Crippen molar-refractivity contribution < 1.29 is 0 Å². The summed E-state index contributed by atoms with van der Waals surface area (Å²) in [4.78, 5) is 2.47. The van der Waals surface area contributed by atoms with Crippen LogP contribution in [0.2, 0.25) is 0 Å². The molecular weight excluding hydrogens is 212 g/mol. The van der Waals surface area contributed by atoms with Gasteiger partial charge in [-0.2, -0.15) is 0 Å². The Balaban J connectivity index is 1.99. The fourth-order valence-corrected chi connectivity index (χ4v) is 2.68. The largest absolute Gasteiger partial charge is 0.303 e. The monoisotopic (exact) mass is 230 g/mol. The molecule has 90 valence electrons. The molecule has 1 aliphatic rings. The zero-order valence-electron chi connectivity index (χ0n) is 10.4. The lowest BCUT2D eigenvalue weighted by atomic mass is 10.1. The molecule has 0 aliphatic carbocycles. The minimum absolute atomic E-state index is 0.534. The van der Waals surface area contributed by atoms with Crippen molar-refractivity contribution in [1.29, 1.82) is 0 Å². The number of hydrogen-bond donors (Lipinski definition) is 0. The topological polar surface area (TPSA) is 33.4 Å². The van der Waals surface area contributed by atoms with Crippen LogP contribution < -0.4 is 0 Å². The second-order valence-electron chi connectivity index (χ2n) is 4.82. The van der Waals surface area contributed by atoms with Crippen LogP contribution in [0.25, 0.3) is 5.65 Å². The molecule has 2 aromatic rings. The maximum atomic E-state index is 4.39. The fourth-order valence-electron chi connectivity index (χ4n) is 2.68. The highest BCUT2D eigenvalue weighted by molar-refractivity contribution is 5.46. The van der Waals surface area contributed by atoms with Crippen molar-refractivity contribution in [2.75, 3.05) is 19.6 Å². The molecule has 0 bridgehead atoms. The quantitative estimate of drug-likeness (QED) is 0.789. The minimum atomic E-state index is 0.534. The van der Waals surface area contributed by atoms with Gasteiger partial charge < -0.3 is 4.90 Å². The normalized spacial score (nSPS) is 21.4. The van der Waals surface area contributed by atoms with Crippen LogP contribution in [-0.4, -0.2) is 39.1 Å². The first-order valence-corrected chi connectivity index (χ1v) is 6.32. The van der Waals surface area contributed by atoms with Gasteiger partial charge in [0, 0.05) is 18.7 Å². The van der Waals surface area contributed by atoms with E-state index in [1.807, 2.05) is 0 Å². The van der Waals surface area contributed by atoms with Crippen LogP contribution in [0.1, 0.15) is 30.7 Å². The van der Waals surface area contributed by atoms with Crippen molar-refractivity contribution in [2.45, 2.75) is 26.2 Å². The predicted molar refractivity (Wildman–Crippen MR) is 67.2 cm³/mol. The zero-order valence-corrected chi connectivity index (χ0v) is 10.4. The average Bonchev–Trinajstić information content (AvgIpc) is 2.94. The lowest BCUT2D eigenvalue weighted by Gasteiger charge is -2.12. The van der Waals surface area contributed by atoms with Crippen LogP contribution in [0.4, 0.5) is 0 Å². The van der Waals surface area contributed by atoms with Crippen LogP contribution in [-0.2, 0) is 0 Å². The van der Waals surface area contributed by atoms with E-state index in [1.165, 1.54) is 18.5 Å². The third kappa shape index (κ3) is 1.72. The third-order valence-corrected chi connectivity index (χ3v) is 3.74. The Morgan fingerprint density at radius 1 is 1.41 bits per heavy atom. The summed E-state index contributed by atoms with van der Waals surface area (Å²) in [5.41, 5.74) is 2.19. The zero-order chi connectivity index (χ0) is 11.8. The van der Waals surface area contributed by atoms with E-state index in [9.17, 15) is 0 Å². The molecular formula is C13H18N4. The molecule has 4 nitrogen and oxygen atoms in total. The molecule has 1 aliphatic heterocycles. The molecule has 0 radical (unpaired) electrons. The second-order valence-corrected chi connectivity index (χ2v) is 4.82. The van der Waals surface area contributed by atoms with Crippen molar-refractivity contribution in [1.82, 2.24) is 19.5 Å². The van der Waals surface area contributed by atoms with Gasteiger partial charge >= 0.3 is 0 Å². The predicted octanol–water partition coefficient (Wildman–Crippen LogP) is 1.85. The summed E-state index contributed by atoms with van der Waals surface area (Å²) in [6.07, 6.45) is 3.27. The first kappa shape index (κ1) is 10.7. The van der Waals surface area contributed by atoms with E-state index in [1.54, 1.807) is 0 Å². The third-order valence-electron chi connectivity index (χ3n) is 3.74. The first-order chi connectivity index (χ1) is 8.29. The Bertz CT molecular complexity index is 531. The maximum Gasteiger partial charge on any atom is 0.163 e. The van der Waals surface area contributed by atoms with Gasteiger partial charge in [-0.15, -0.1) is 10.2 Å². The molecule has 1 atom stereocenters. The van der Waals surface area contributed by atoms with Crippen molar-refractivity contribution >= 4 is 5.65 Å². The molecule has 1 saturated heterocycles.